The van der Waals surface area contributed by atoms with Crippen molar-refractivity contribution < 1.29 is 36.9 Å². The number of halogens is 4. The average Bonchev–Trinajstić information content (AvgIpc) is 2.49. The number of benzene rings is 1. The van der Waals surface area contributed by atoms with Gasteiger partial charge >= 0.3 is 12.3 Å². The van der Waals surface area contributed by atoms with Gasteiger partial charge in [-0.2, -0.15) is 0 Å². The van der Waals surface area contributed by atoms with Crippen molar-refractivity contribution in [1.29, 1.82) is 0 Å². The number of nitrogens with zero attached hydrogens (tertiary/aromatic N) is 2. The van der Waals surface area contributed by atoms with Gasteiger partial charge in [0.2, 0.25) is 0 Å². The molecule has 1 atom stereocenters. The van der Waals surface area contributed by atoms with E-state index in [-0.39, 0.29) is 24.8 Å². The number of aliphatic carboxylic acids is 1. The number of alkyl halides is 3. The number of hydrogen-bond acceptors (Lipinski definition) is 5. The van der Waals surface area contributed by atoms with Crippen LogP contribution in [-0.4, -0.2) is 73.2 Å². The highest BCUT2D eigenvalue weighted by Gasteiger charge is 2.33. The van der Waals surface area contributed by atoms with Gasteiger partial charge in [0, 0.05) is 31.7 Å². The first-order valence-electron chi connectivity index (χ1n) is 7.91. The smallest absolute Gasteiger partial charge is 0.480 e. The molecule has 6 nitrogen and oxygen atoms in total. The van der Waals surface area contributed by atoms with Crippen molar-refractivity contribution in [3.05, 3.63) is 29.6 Å². The number of carboxylic acid groups (broad SMARTS) is 1. The first-order chi connectivity index (χ1) is 12.1. The Kier molecular flexibility index (Phi) is 6.79. The highest BCUT2D eigenvalue weighted by Crippen LogP contribution is 2.29. The Labute approximate surface area is 147 Å². The lowest BCUT2D eigenvalue weighted by molar-refractivity contribution is -0.275. The molecule has 26 heavy (non-hydrogen) atoms. The van der Waals surface area contributed by atoms with Crippen molar-refractivity contribution in [1.82, 2.24) is 9.80 Å². The van der Waals surface area contributed by atoms with Gasteiger partial charge in [0.15, 0.2) is 0 Å². The zero-order valence-corrected chi connectivity index (χ0v) is 14.1. The van der Waals surface area contributed by atoms with E-state index in [2.05, 4.69) is 4.74 Å². The number of carbonyl (C=O) groups is 1. The number of likely N-dealkylation sites (N-methyl/N-ethyl adjacent to an activating group) is 1. The first kappa shape index (κ1) is 20.4. The Morgan fingerprint density at radius 3 is 2.85 bits per heavy atom. The van der Waals surface area contributed by atoms with Crippen LogP contribution in [0.15, 0.2) is 18.2 Å². The fourth-order valence-corrected chi connectivity index (χ4v) is 2.81. The normalized spacial score (nSPS) is 18.9. The second kappa shape index (κ2) is 8.65. The molecule has 10 heteroatoms. The second-order valence-corrected chi connectivity index (χ2v) is 6.08. The van der Waals surface area contributed by atoms with Gasteiger partial charge in [-0.05, 0) is 19.2 Å². The van der Waals surface area contributed by atoms with Crippen LogP contribution in [0.4, 0.5) is 17.6 Å². The van der Waals surface area contributed by atoms with Crippen molar-refractivity contribution in [3.63, 3.8) is 0 Å². The minimum Gasteiger partial charge on any atom is -0.480 e. The van der Waals surface area contributed by atoms with Crippen molar-refractivity contribution in [2.75, 3.05) is 39.8 Å². The molecule has 0 spiro atoms. The summed E-state index contributed by atoms with van der Waals surface area (Å²) < 4.78 is 61.1. The Hall–Kier alpha value is -1.91. The first-order valence-corrected chi connectivity index (χ1v) is 7.91. The molecule has 1 aliphatic rings. The third kappa shape index (κ3) is 6.43. The molecule has 1 aromatic carbocycles. The van der Waals surface area contributed by atoms with Gasteiger partial charge in [-0.1, -0.05) is 6.07 Å². The van der Waals surface area contributed by atoms with E-state index in [9.17, 15) is 22.4 Å². The minimum absolute atomic E-state index is 0.0689. The lowest BCUT2D eigenvalue weighted by Crippen LogP contribution is -2.47. The Balaban J connectivity index is 2.03. The maximum absolute atomic E-state index is 14.1. The second-order valence-electron chi connectivity index (χ2n) is 6.08. The lowest BCUT2D eigenvalue weighted by Gasteiger charge is -2.34. The molecule has 1 unspecified atom stereocenters. The summed E-state index contributed by atoms with van der Waals surface area (Å²) in [5, 5.41) is 8.77. The maximum Gasteiger partial charge on any atom is 0.573 e. The summed E-state index contributed by atoms with van der Waals surface area (Å²) in [5.41, 5.74) is -0.177. The monoisotopic (exact) mass is 380 g/mol. The molecule has 1 aromatic rings. The van der Waals surface area contributed by atoms with Crippen LogP contribution in [0, 0.1) is 5.82 Å². The predicted octanol–water partition coefficient (Wildman–Crippen LogP) is 1.94. The van der Waals surface area contributed by atoms with Crippen LogP contribution in [0.5, 0.6) is 5.75 Å². The maximum atomic E-state index is 14.1. The molecule has 1 fully saturated rings. The van der Waals surface area contributed by atoms with Crippen LogP contribution in [0.1, 0.15) is 5.56 Å². The standard InChI is InChI=1S/C16H20F4N2O4/c1-21(10-15(23)24)7-11-8-22(5-6-25-11)9-12-13(17)3-2-4-14(12)26-16(18,19)20/h2-4,11H,5-10H2,1H3,(H,23,24). The number of ether oxygens (including phenoxy) is 2. The van der Waals surface area contributed by atoms with Crippen LogP contribution >= 0.6 is 0 Å². The summed E-state index contributed by atoms with van der Waals surface area (Å²) >= 11 is 0. The average molecular weight is 380 g/mol. The zero-order chi connectivity index (χ0) is 19.3. The highest BCUT2D eigenvalue weighted by atomic mass is 19.4. The van der Waals surface area contributed by atoms with E-state index < -0.39 is 23.9 Å². The molecule has 2 rings (SSSR count). The Bertz CT molecular complexity index is 627. The molecular weight excluding hydrogens is 360 g/mol. The van der Waals surface area contributed by atoms with Crippen LogP contribution < -0.4 is 4.74 Å². The number of morpholine rings is 1. The fourth-order valence-electron chi connectivity index (χ4n) is 2.81. The van der Waals surface area contributed by atoms with Crippen LogP contribution in [-0.2, 0) is 16.1 Å². The molecule has 0 amide bonds. The van der Waals surface area contributed by atoms with E-state index in [0.717, 1.165) is 18.2 Å². The molecule has 0 aromatic heterocycles. The van der Waals surface area contributed by atoms with Gasteiger partial charge in [-0.15, -0.1) is 13.2 Å². The minimum atomic E-state index is -4.91. The summed E-state index contributed by atoms with van der Waals surface area (Å²) in [7, 11) is 1.63. The van der Waals surface area contributed by atoms with Gasteiger partial charge in [-0.25, -0.2) is 4.39 Å². The highest BCUT2D eigenvalue weighted by molar-refractivity contribution is 5.69. The van der Waals surface area contributed by atoms with Crippen molar-refractivity contribution in [2.24, 2.45) is 0 Å². The number of carboxylic acids is 1. The number of hydrogen-bond donors (Lipinski definition) is 1. The van der Waals surface area contributed by atoms with E-state index in [1.54, 1.807) is 16.8 Å². The van der Waals surface area contributed by atoms with E-state index in [1.165, 1.54) is 0 Å². The van der Waals surface area contributed by atoms with Crippen molar-refractivity contribution in [2.45, 2.75) is 19.0 Å². The largest absolute Gasteiger partial charge is 0.573 e. The van der Waals surface area contributed by atoms with Gasteiger partial charge < -0.3 is 14.6 Å². The Morgan fingerprint density at radius 2 is 2.19 bits per heavy atom. The van der Waals surface area contributed by atoms with Crippen LogP contribution in [0.25, 0.3) is 0 Å². The quantitative estimate of drug-likeness (QED) is 0.730. The third-order valence-electron chi connectivity index (χ3n) is 3.83. The van der Waals surface area contributed by atoms with Gasteiger partial charge in [-0.3, -0.25) is 14.6 Å². The molecule has 1 saturated heterocycles. The van der Waals surface area contributed by atoms with E-state index in [0.29, 0.717) is 26.2 Å². The summed E-state index contributed by atoms with van der Waals surface area (Å²) in [6.45, 7) is 1.18. The van der Waals surface area contributed by atoms with Crippen molar-refractivity contribution >= 4 is 5.97 Å². The van der Waals surface area contributed by atoms with E-state index in [1.807, 2.05) is 0 Å². The van der Waals surface area contributed by atoms with Gasteiger partial charge in [0.1, 0.15) is 11.6 Å². The van der Waals surface area contributed by atoms with Gasteiger partial charge in [0.25, 0.3) is 0 Å². The summed E-state index contributed by atoms with van der Waals surface area (Å²) in [5.74, 6) is -2.32. The molecular formula is C16H20F4N2O4. The molecule has 0 aliphatic carbocycles. The zero-order valence-electron chi connectivity index (χ0n) is 14.1. The fraction of sp³-hybridized carbons (Fsp3) is 0.562. The van der Waals surface area contributed by atoms with Crippen LogP contribution in [0.3, 0.4) is 0 Å². The molecule has 0 bridgehead atoms. The molecule has 1 N–H and O–H groups in total. The topological polar surface area (TPSA) is 62.2 Å². The molecule has 0 radical (unpaired) electrons. The molecule has 146 valence electrons. The molecule has 1 aliphatic heterocycles. The molecule has 0 saturated carbocycles. The third-order valence-corrected chi connectivity index (χ3v) is 3.83. The summed E-state index contributed by atoms with van der Waals surface area (Å²) in [4.78, 5) is 14.0. The number of rotatable bonds is 7. The predicted molar refractivity (Wildman–Crippen MR) is 83.2 cm³/mol. The SMILES string of the molecule is CN(CC(=O)O)CC1CN(Cc2c(F)cccc2OC(F)(F)F)CCO1. The summed E-state index contributed by atoms with van der Waals surface area (Å²) in [6, 6.07) is 3.31. The van der Waals surface area contributed by atoms with E-state index in [4.69, 9.17) is 9.84 Å². The van der Waals surface area contributed by atoms with Crippen molar-refractivity contribution in [3.8, 4) is 5.75 Å². The molecule has 1 heterocycles. The summed E-state index contributed by atoms with van der Waals surface area (Å²) in [6.07, 6.45) is -5.23. The van der Waals surface area contributed by atoms with E-state index >= 15 is 0 Å². The Morgan fingerprint density at radius 1 is 1.46 bits per heavy atom. The van der Waals surface area contributed by atoms with Gasteiger partial charge in [0.05, 0.1) is 19.3 Å². The lowest BCUT2D eigenvalue weighted by atomic mass is 10.1. The van der Waals surface area contributed by atoms with Crippen LogP contribution in [0.2, 0.25) is 0 Å².